The highest BCUT2D eigenvalue weighted by molar-refractivity contribution is 6.52. The first-order valence-electron chi connectivity index (χ1n) is 3.96. The molecule has 2 rings (SSSR count). The lowest BCUT2D eigenvalue weighted by atomic mass is 10.1. The van der Waals surface area contributed by atoms with Gasteiger partial charge in [0, 0.05) is 5.56 Å². The molecule has 1 unspecified atom stereocenters. The number of rotatable bonds is 2. The Bertz CT molecular complexity index is 340. The number of nitrogens with zero attached hydrogens (tertiary/aromatic N) is 1. The predicted octanol–water partition coefficient (Wildman–Crippen LogP) is 1.71. The number of hydrogen-bond donors (Lipinski definition) is 0. The van der Waals surface area contributed by atoms with Gasteiger partial charge in [-0.05, 0) is 6.92 Å². The molecule has 0 aliphatic carbocycles. The van der Waals surface area contributed by atoms with Crippen molar-refractivity contribution in [3.05, 3.63) is 35.9 Å². The van der Waals surface area contributed by atoms with E-state index in [2.05, 4.69) is 4.99 Å². The van der Waals surface area contributed by atoms with Crippen LogP contribution in [0.3, 0.4) is 0 Å². The smallest absolute Gasteiger partial charge is 0.208 e. The van der Waals surface area contributed by atoms with Crippen LogP contribution >= 0.6 is 0 Å². The molecule has 0 radical (unpaired) electrons. The van der Waals surface area contributed by atoms with Crippen molar-refractivity contribution in [1.29, 1.82) is 0 Å². The Morgan fingerprint density at radius 1 is 1.33 bits per heavy atom. The van der Waals surface area contributed by atoms with Gasteiger partial charge in [0.2, 0.25) is 5.78 Å². The quantitative estimate of drug-likeness (QED) is 0.604. The summed E-state index contributed by atoms with van der Waals surface area (Å²) in [4.78, 5) is 15.5. The van der Waals surface area contributed by atoms with E-state index >= 15 is 0 Å². The summed E-state index contributed by atoms with van der Waals surface area (Å²) in [6.45, 7) is 1.93. The van der Waals surface area contributed by atoms with Gasteiger partial charge < -0.3 is 0 Å². The summed E-state index contributed by atoms with van der Waals surface area (Å²) in [5.41, 5.74) is 1.45. The Morgan fingerprint density at radius 3 is 2.42 bits per heavy atom. The molecule has 12 heavy (non-hydrogen) atoms. The summed E-state index contributed by atoms with van der Waals surface area (Å²) in [6, 6.07) is 9.40. The van der Waals surface area contributed by atoms with Crippen molar-refractivity contribution in [1.82, 2.24) is 0 Å². The third kappa shape index (κ3) is 1.16. The molecule has 0 fully saturated rings. The lowest BCUT2D eigenvalue weighted by Gasteiger charge is -1.92. The number of aliphatic imine (C=N–C) groups is 1. The van der Waals surface area contributed by atoms with E-state index in [0.717, 1.165) is 5.56 Å². The fourth-order valence-corrected chi connectivity index (χ4v) is 1.16. The van der Waals surface area contributed by atoms with Gasteiger partial charge in [0.1, 0.15) is 5.71 Å². The Morgan fingerprint density at radius 2 is 1.92 bits per heavy atom. The lowest BCUT2D eigenvalue weighted by molar-refractivity contribution is 0.106. The molecule has 0 saturated carbocycles. The summed E-state index contributed by atoms with van der Waals surface area (Å²) in [7, 11) is 0. The maximum atomic E-state index is 11.5. The molecule has 1 aromatic carbocycles. The van der Waals surface area contributed by atoms with Crippen molar-refractivity contribution in [3.8, 4) is 0 Å². The first-order chi connectivity index (χ1) is 5.79. The topological polar surface area (TPSA) is 29.4 Å². The summed E-state index contributed by atoms with van der Waals surface area (Å²) in [5.74, 6) is 0.0723. The van der Waals surface area contributed by atoms with Gasteiger partial charge in [0.05, 0.1) is 6.04 Å². The van der Waals surface area contributed by atoms with Crippen molar-refractivity contribution in [2.24, 2.45) is 4.99 Å². The molecule has 2 heteroatoms. The number of benzene rings is 1. The van der Waals surface area contributed by atoms with Crippen LogP contribution in [0, 0.1) is 0 Å². The first-order valence-corrected chi connectivity index (χ1v) is 3.96. The highest BCUT2D eigenvalue weighted by Crippen LogP contribution is 2.15. The second-order valence-corrected chi connectivity index (χ2v) is 2.89. The van der Waals surface area contributed by atoms with Crippen LogP contribution in [0.15, 0.2) is 35.3 Å². The van der Waals surface area contributed by atoms with E-state index < -0.39 is 0 Å². The van der Waals surface area contributed by atoms with Gasteiger partial charge in [-0.2, -0.15) is 0 Å². The molecular weight excluding hydrogens is 150 g/mol. The highest BCUT2D eigenvalue weighted by atomic mass is 16.1. The van der Waals surface area contributed by atoms with Crippen LogP contribution in [-0.2, 0) is 0 Å². The van der Waals surface area contributed by atoms with E-state index in [-0.39, 0.29) is 11.8 Å². The number of ketones is 1. The number of hydrogen-bond acceptors (Lipinski definition) is 2. The zero-order valence-corrected chi connectivity index (χ0v) is 6.82. The van der Waals surface area contributed by atoms with Gasteiger partial charge in [-0.1, -0.05) is 30.3 Å². The minimum absolute atomic E-state index is 0.0723. The SMILES string of the molecule is CC1N=C1C(=O)c1ccccc1. The van der Waals surface area contributed by atoms with Gasteiger partial charge in [-0.3, -0.25) is 9.79 Å². The van der Waals surface area contributed by atoms with Crippen molar-refractivity contribution in [3.63, 3.8) is 0 Å². The molecule has 2 nitrogen and oxygen atoms in total. The molecule has 1 aromatic rings. The number of carbonyl (C=O) groups is 1. The zero-order chi connectivity index (χ0) is 8.55. The average Bonchev–Trinajstić information content (AvgIpc) is 2.83. The summed E-state index contributed by atoms with van der Waals surface area (Å²) in [5, 5.41) is 0. The van der Waals surface area contributed by atoms with E-state index in [4.69, 9.17) is 0 Å². The second-order valence-electron chi connectivity index (χ2n) is 2.89. The van der Waals surface area contributed by atoms with E-state index in [1.54, 1.807) is 0 Å². The second kappa shape index (κ2) is 2.55. The molecule has 60 valence electrons. The first kappa shape index (κ1) is 7.22. The molecule has 0 N–H and O–H groups in total. The maximum absolute atomic E-state index is 11.5. The van der Waals surface area contributed by atoms with Gasteiger partial charge in [0.25, 0.3) is 0 Å². The largest absolute Gasteiger partial charge is 0.287 e. The van der Waals surface area contributed by atoms with E-state index in [0.29, 0.717) is 5.71 Å². The van der Waals surface area contributed by atoms with Crippen LogP contribution in [0.5, 0.6) is 0 Å². The molecule has 0 amide bonds. The third-order valence-electron chi connectivity index (χ3n) is 1.93. The fraction of sp³-hybridized carbons (Fsp3) is 0.200. The molecule has 1 atom stereocenters. The maximum Gasteiger partial charge on any atom is 0.208 e. The van der Waals surface area contributed by atoms with Crippen LogP contribution in [0.1, 0.15) is 17.3 Å². The van der Waals surface area contributed by atoms with E-state index in [9.17, 15) is 4.79 Å². The molecular formula is C10H9NO. The van der Waals surface area contributed by atoms with Crippen LogP contribution in [0.25, 0.3) is 0 Å². The van der Waals surface area contributed by atoms with Crippen LogP contribution in [0.4, 0.5) is 0 Å². The fourth-order valence-electron chi connectivity index (χ4n) is 1.16. The van der Waals surface area contributed by atoms with E-state index in [1.807, 2.05) is 37.3 Å². The summed E-state index contributed by atoms with van der Waals surface area (Å²) >= 11 is 0. The predicted molar refractivity (Wildman–Crippen MR) is 47.7 cm³/mol. The number of carbonyl (C=O) groups excluding carboxylic acids is 1. The molecule has 0 aromatic heterocycles. The molecule has 1 heterocycles. The Balaban J connectivity index is 2.22. The van der Waals surface area contributed by atoms with Crippen LogP contribution < -0.4 is 0 Å². The Labute approximate surface area is 70.9 Å². The van der Waals surface area contributed by atoms with Gasteiger partial charge in [-0.25, -0.2) is 0 Å². The molecule has 0 bridgehead atoms. The molecule has 1 aliphatic rings. The van der Waals surface area contributed by atoms with Crippen molar-refractivity contribution >= 4 is 11.5 Å². The highest BCUT2D eigenvalue weighted by Gasteiger charge is 2.29. The third-order valence-corrected chi connectivity index (χ3v) is 1.93. The summed E-state index contributed by atoms with van der Waals surface area (Å²) < 4.78 is 0. The van der Waals surface area contributed by atoms with Crippen molar-refractivity contribution < 1.29 is 4.79 Å². The number of Topliss-reactive ketones (excluding diaryl/α,β-unsaturated/α-hetero) is 1. The van der Waals surface area contributed by atoms with E-state index in [1.165, 1.54) is 0 Å². The van der Waals surface area contributed by atoms with Crippen LogP contribution in [-0.4, -0.2) is 17.5 Å². The zero-order valence-electron chi connectivity index (χ0n) is 6.82. The van der Waals surface area contributed by atoms with Crippen molar-refractivity contribution in [2.45, 2.75) is 13.0 Å². The monoisotopic (exact) mass is 159 g/mol. The average molecular weight is 159 g/mol. The molecule has 0 saturated heterocycles. The summed E-state index contributed by atoms with van der Waals surface area (Å²) in [6.07, 6.45) is 0. The molecule has 1 aliphatic heterocycles. The lowest BCUT2D eigenvalue weighted by Crippen LogP contribution is -2.08. The Hall–Kier alpha value is -1.44. The van der Waals surface area contributed by atoms with Crippen molar-refractivity contribution in [2.75, 3.05) is 0 Å². The van der Waals surface area contributed by atoms with Gasteiger partial charge >= 0.3 is 0 Å². The minimum Gasteiger partial charge on any atom is -0.287 e. The standard InChI is InChI=1S/C10H9NO/c1-7-9(11-7)10(12)8-5-3-2-4-6-8/h2-7H,1H3. The van der Waals surface area contributed by atoms with Crippen LogP contribution in [0.2, 0.25) is 0 Å². The van der Waals surface area contributed by atoms with Gasteiger partial charge in [0.15, 0.2) is 0 Å². The minimum atomic E-state index is 0.0723. The molecule has 0 spiro atoms. The Kier molecular flexibility index (Phi) is 1.54. The van der Waals surface area contributed by atoms with Gasteiger partial charge in [-0.15, -0.1) is 0 Å². The normalized spacial score (nSPS) is 20.1.